The van der Waals surface area contributed by atoms with Gasteiger partial charge in [-0.2, -0.15) is 5.10 Å². The predicted molar refractivity (Wildman–Crippen MR) is 74.4 cm³/mol. The molecule has 1 N–H and O–H groups in total. The Balaban J connectivity index is 1.78. The Bertz CT molecular complexity index is 514. The van der Waals surface area contributed by atoms with Gasteiger partial charge in [-0.15, -0.1) is 0 Å². The molecule has 0 aromatic heterocycles. The molecule has 0 radical (unpaired) electrons. The average molecular weight is 275 g/mol. The van der Waals surface area contributed by atoms with E-state index in [0.717, 1.165) is 5.75 Å². The second kappa shape index (κ2) is 6.70. The van der Waals surface area contributed by atoms with Crippen LogP contribution >= 0.6 is 0 Å². The molecule has 0 saturated carbocycles. The highest BCUT2D eigenvalue weighted by Crippen LogP contribution is 2.08. The van der Waals surface area contributed by atoms with Crippen molar-refractivity contribution in [1.82, 2.24) is 10.3 Å². The molecule has 106 valence electrons. The third-order valence-electron chi connectivity index (χ3n) is 2.94. The van der Waals surface area contributed by atoms with Crippen molar-refractivity contribution in [3.05, 3.63) is 30.3 Å². The molecule has 2 amide bonds. The molecule has 0 fully saturated rings. The molecule has 0 atom stereocenters. The zero-order valence-electron chi connectivity index (χ0n) is 11.3. The van der Waals surface area contributed by atoms with E-state index in [1.807, 2.05) is 30.3 Å². The lowest BCUT2D eigenvalue weighted by atomic mass is 10.1. The smallest absolute Gasteiger partial charge is 0.269 e. The molecule has 1 aromatic rings. The predicted octanol–water partition coefficient (Wildman–Crippen LogP) is 0.790. The van der Waals surface area contributed by atoms with Crippen molar-refractivity contribution in [2.24, 2.45) is 5.10 Å². The lowest BCUT2D eigenvalue weighted by Gasteiger charge is -2.20. The molecular formula is C14H17N3O3. The number of nitrogens with one attached hydrogen (secondary N) is 1. The van der Waals surface area contributed by atoms with E-state index < -0.39 is 0 Å². The first-order chi connectivity index (χ1) is 9.66. The van der Waals surface area contributed by atoms with Crippen LogP contribution in [0.5, 0.6) is 5.75 Å². The van der Waals surface area contributed by atoms with Gasteiger partial charge in [-0.1, -0.05) is 18.2 Å². The molecule has 20 heavy (non-hydrogen) atoms. The first-order valence-corrected chi connectivity index (χ1v) is 6.45. The molecule has 1 aliphatic rings. The van der Waals surface area contributed by atoms with Crippen molar-refractivity contribution in [2.75, 3.05) is 20.2 Å². The molecule has 1 aromatic carbocycles. The van der Waals surface area contributed by atoms with Gasteiger partial charge in [0, 0.05) is 19.9 Å². The van der Waals surface area contributed by atoms with E-state index in [1.165, 1.54) is 0 Å². The molecule has 1 heterocycles. The van der Waals surface area contributed by atoms with Crippen LogP contribution in [-0.4, -0.2) is 42.6 Å². The van der Waals surface area contributed by atoms with Crippen LogP contribution in [0.2, 0.25) is 0 Å². The zero-order chi connectivity index (χ0) is 14.4. The number of hydrogen-bond acceptors (Lipinski definition) is 4. The quantitative estimate of drug-likeness (QED) is 0.863. The molecule has 0 spiro atoms. The molecule has 2 rings (SSSR count). The minimum Gasteiger partial charge on any atom is -0.492 e. The van der Waals surface area contributed by atoms with Crippen LogP contribution in [0.1, 0.15) is 12.8 Å². The summed E-state index contributed by atoms with van der Waals surface area (Å²) < 4.78 is 5.53. The zero-order valence-corrected chi connectivity index (χ0v) is 11.3. The summed E-state index contributed by atoms with van der Waals surface area (Å²) in [7, 11) is 1.69. The number of hydrogen-bond donors (Lipinski definition) is 1. The van der Waals surface area contributed by atoms with Gasteiger partial charge in [0.15, 0.2) is 0 Å². The van der Waals surface area contributed by atoms with Gasteiger partial charge in [0.1, 0.15) is 18.1 Å². The van der Waals surface area contributed by atoms with Crippen molar-refractivity contribution in [1.29, 1.82) is 0 Å². The number of carbonyl (C=O) groups is 2. The number of carbonyl (C=O) groups excluding carboxylic acids is 2. The van der Waals surface area contributed by atoms with E-state index in [0.29, 0.717) is 31.7 Å². The Kier molecular flexibility index (Phi) is 4.70. The highest BCUT2D eigenvalue weighted by molar-refractivity contribution is 6.39. The van der Waals surface area contributed by atoms with Crippen LogP contribution in [0.25, 0.3) is 0 Å². The maximum Gasteiger partial charge on any atom is 0.269 e. The third-order valence-corrected chi connectivity index (χ3v) is 2.94. The molecule has 0 aliphatic carbocycles. The number of ether oxygens (including phenoxy) is 1. The highest BCUT2D eigenvalue weighted by atomic mass is 16.5. The van der Waals surface area contributed by atoms with Gasteiger partial charge >= 0.3 is 0 Å². The standard InChI is InChI=1S/C14H17N3O3/c1-17(9-10-20-11-5-3-2-4-6-11)14(19)12-7-8-13(18)16-15-12/h2-6H,7-10H2,1H3,(H,16,18). The maximum atomic E-state index is 12.0. The van der Waals surface area contributed by atoms with E-state index in [9.17, 15) is 9.59 Å². The van der Waals surface area contributed by atoms with E-state index in [1.54, 1.807) is 11.9 Å². The van der Waals surface area contributed by atoms with E-state index in [-0.39, 0.29) is 11.8 Å². The Morgan fingerprint density at radius 3 is 2.75 bits per heavy atom. The van der Waals surface area contributed by atoms with Crippen molar-refractivity contribution >= 4 is 17.5 Å². The Hall–Kier alpha value is -2.37. The number of para-hydroxylation sites is 1. The summed E-state index contributed by atoms with van der Waals surface area (Å²) >= 11 is 0. The molecule has 6 heteroatoms. The summed E-state index contributed by atoms with van der Waals surface area (Å²) in [5.74, 6) is 0.439. The number of nitrogens with zero attached hydrogens (tertiary/aromatic N) is 2. The van der Waals surface area contributed by atoms with Crippen LogP contribution in [0.15, 0.2) is 35.4 Å². The van der Waals surface area contributed by atoms with Gasteiger partial charge in [0.25, 0.3) is 5.91 Å². The van der Waals surface area contributed by atoms with Crippen LogP contribution in [0.4, 0.5) is 0 Å². The first-order valence-electron chi connectivity index (χ1n) is 6.45. The normalized spacial score (nSPS) is 14.2. The second-order valence-corrected chi connectivity index (χ2v) is 4.48. The number of likely N-dealkylation sites (N-methyl/N-ethyl adjacent to an activating group) is 1. The summed E-state index contributed by atoms with van der Waals surface area (Å²) in [5.41, 5.74) is 2.70. The van der Waals surface area contributed by atoms with Crippen molar-refractivity contribution in [3.8, 4) is 5.75 Å². The lowest BCUT2D eigenvalue weighted by Crippen LogP contribution is -2.39. The monoisotopic (exact) mass is 275 g/mol. The van der Waals surface area contributed by atoms with Gasteiger partial charge in [-0.25, -0.2) is 5.43 Å². The summed E-state index contributed by atoms with van der Waals surface area (Å²) in [6, 6.07) is 9.43. The summed E-state index contributed by atoms with van der Waals surface area (Å²) in [6.07, 6.45) is 0.688. The van der Waals surface area contributed by atoms with Crippen molar-refractivity contribution < 1.29 is 14.3 Å². The van der Waals surface area contributed by atoms with Crippen molar-refractivity contribution in [3.63, 3.8) is 0 Å². The Morgan fingerprint density at radius 1 is 1.35 bits per heavy atom. The maximum absolute atomic E-state index is 12.0. The lowest BCUT2D eigenvalue weighted by molar-refractivity contribution is -0.123. The van der Waals surface area contributed by atoms with Gasteiger partial charge in [0.05, 0.1) is 6.54 Å². The van der Waals surface area contributed by atoms with Crippen molar-refractivity contribution in [2.45, 2.75) is 12.8 Å². The second-order valence-electron chi connectivity index (χ2n) is 4.48. The topological polar surface area (TPSA) is 71.0 Å². The van der Waals surface area contributed by atoms with Crippen LogP contribution < -0.4 is 10.2 Å². The minimum atomic E-state index is -0.179. The summed E-state index contributed by atoms with van der Waals surface area (Å²) in [5, 5.41) is 3.78. The highest BCUT2D eigenvalue weighted by Gasteiger charge is 2.21. The summed E-state index contributed by atoms with van der Waals surface area (Å²) in [6.45, 7) is 0.868. The van der Waals surface area contributed by atoms with E-state index in [4.69, 9.17) is 4.74 Å². The van der Waals surface area contributed by atoms with Crippen LogP contribution in [-0.2, 0) is 9.59 Å². The molecule has 0 unspecified atom stereocenters. The van der Waals surface area contributed by atoms with Gasteiger partial charge in [0.2, 0.25) is 5.91 Å². The fourth-order valence-electron chi connectivity index (χ4n) is 1.77. The number of hydrazone groups is 1. The molecule has 1 aliphatic heterocycles. The van der Waals surface area contributed by atoms with Crippen LogP contribution in [0.3, 0.4) is 0 Å². The first kappa shape index (κ1) is 14.0. The van der Waals surface area contributed by atoms with Crippen LogP contribution in [0, 0.1) is 0 Å². The molecular weight excluding hydrogens is 258 g/mol. The third kappa shape index (κ3) is 3.81. The number of amides is 2. The SMILES string of the molecule is CN(CCOc1ccccc1)C(=O)C1=NNC(=O)CC1. The van der Waals surface area contributed by atoms with Gasteiger partial charge < -0.3 is 9.64 Å². The Morgan fingerprint density at radius 2 is 2.10 bits per heavy atom. The van der Waals surface area contributed by atoms with Gasteiger partial charge in [-0.3, -0.25) is 9.59 Å². The molecule has 6 nitrogen and oxygen atoms in total. The minimum absolute atomic E-state index is 0.156. The van der Waals surface area contributed by atoms with Gasteiger partial charge in [-0.05, 0) is 12.1 Å². The largest absolute Gasteiger partial charge is 0.492 e. The average Bonchev–Trinajstić information content (AvgIpc) is 2.48. The molecule has 0 saturated heterocycles. The van der Waals surface area contributed by atoms with E-state index in [2.05, 4.69) is 10.5 Å². The fraction of sp³-hybridized carbons (Fsp3) is 0.357. The summed E-state index contributed by atoms with van der Waals surface area (Å²) in [4.78, 5) is 24.5. The number of rotatable bonds is 5. The molecule has 0 bridgehead atoms. The Labute approximate surface area is 117 Å². The number of benzene rings is 1. The fourth-order valence-corrected chi connectivity index (χ4v) is 1.77. The van der Waals surface area contributed by atoms with E-state index >= 15 is 0 Å².